The number of rotatable bonds is 7. The third kappa shape index (κ3) is 5.66. The SMILES string of the molecule is CC(C)C1(CC#N)CN(C2CCC(Oc3cc(CN(C)C)nc(C(F)(F)F)n3)CC2)C1. The Morgan fingerprint density at radius 2 is 1.87 bits per heavy atom. The van der Waals surface area contributed by atoms with E-state index in [2.05, 4.69) is 34.8 Å². The Kier molecular flexibility index (Phi) is 7.11. The van der Waals surface area contributed by atoms with Gasteiger partial charge in [-0.1, -0.05) is 13.8 Å². The van der Waals surface area contributed by atoms with Gasteiger partial charge >= 0.3 is 6.18 Å². The van der Waals surface area contributed by atoms with Gasteiger partial charge in [-0.05, 0) is 45.7 Å². The molecule has 0 unspecified atom stereocenters. The van der Waals surface area contributed by atoms with E-state index in [-0.39, 0.29) is 23.9 Å². The summed E-state index contributed by atoms with van der Waals surface area (Å²) in [6, 6.07) is 4.30. The number of halogens is 3. The summed E-state index contributed by atoms with van der Waals surface area (Å²) in [4.78, 5) is 11.5. The fraction of sp³-hybridized carbons (Fsp3) is 0.773. The molecule has 2 fully saturated rings. The van der Waals surface area contributed by atoms with Crippen molar-refractivity contribution in [1.29, 1.82) is 5.26 Å². The second-order valence-corrected chi connectivity index (χ2v) is 9.56. The molecular formula is C22H32F3N5O. The minimum Gasteiger partial charge on any atom is -0.474 e. The molecule has 31 heavy (non-hydrogen) atoms. The lowest BCUT2D eigenvalue weighted by atomic mass is 9.67. The van der Waals surface area contributed by atoms with Gasteiger partial charge in [-0.25, -0.2) is 4.98 Å². The number of hydrogen-bond acceptors (Lipinski definition) is 6. The molecule has 6 nitrogen and oxygen atoms in total. The van der Waals surface area contributed by atoms with E-state index >= 15 is 0 Å². The zero-order valence-electron chi connectivity index (χ0n) is 18.7. The summed E-state index contributed by atoms with van der Waals surface area (Å²) in [6.45, 7) is 6.54. The van der Waals surface area contributed by atoms with Crippen LogP contribution in [-0.2, 0) is 12.7 Å². The highest BCUT2D eigenvalue weighted by Crippen LogP contribution is 2.44. The van der Waals surface area contributed by atoms with Crippen LogP contribution in [0.25, 0.3) is 0 Å². The summed E-state index contributed by atoms with van der Waals surface area (Å²) in [5.74, 6) is -0.682. The Labute approximate surface area is 182 Å². The van der Waals surface area contributed by atoms with Gasteiger partial charge in [-0.15, -0.1) is 0 Å². The van der Waals surface area contributed by atoms with E-state index < -0.39 is 12.0 Å². The van der Waals surface area contributed by atoms with Crippen molar-refractivity contribution in [3.8, 4) is 11.9 Å². The molecule has 2 aliphatic rings. The molecule has 0 amide bonds. The molecule has 1 aliphatic heterocycles. The van der Waals surface area contributed by atoms with Crippen molar-refractivity contribution in [2.24, 2.45) is 11.3 Å². The first-order valence-corrected chi connectivity index (χ1v) is 10.9. The topological polar surface area (TPSA) is 65.3 Å². The number of hydrogen-bond donors (Lipinski definition) is 0. The van der Waals surface area contributed by atoms with Crippen molar-refractivity contribution in [3.63, 3.8) is 0 Å². The molecule has 9 heteroatoms. The molecule has 1 aromatic heterocycles. The normalized spacial score (nSPS) is 24.1. The average Bonchev–Trinajstić information content (AvgIpc) is 2.63. The molecule has 172 valence electrons. The lowest BCUT2D eigenvalue weighted by molar-refractivity contribution is -0.145. The Hall–Kier alpha value is -1.92. The lowest BCUT2D eigenvalue weighted by Gasteiger charge is -2.56. The Balaban J connectivity index is 1.58. The molecule has 0 bridgehead atoms. The van der Waals surface area contributed by atoms with Crippen molar-refractivity contribution in [3.05, 3.63) is 17.6 Å². The van der Waals surface area contributed by atoms with E-state index in [1.807, 2.05) is 0 Å². The van der Waals surface area contributed by atoms with E-state index in [9.17, 15) is 13.2 Å². The van der Waals surface area contributed by atoms with Crippen LogP contribution in [0.4, 0.5) is 13.2 Å². The zero-order chi connectivity index (χ0) is 22.8. The number of alkyl halides is 3. The summed E-state index contributed by atoms with van der Waals surface area (Å²) < 4.78 is 45.5. The highest BCUT2D eigenvalue weighted by molar-refractivity contribution is 5.18. The van der Waals surface area contributed by atoms with Gasteiger partial charge < -0.3 is 9.64 Å². The van der Waals surface area contributed by atoms with Crippen LogP contribution in [0.2, 0.25) is 0 Å². The standard InChI is InChI=1S/C22H32F3N5O/c1-15(2)21(9-10-26)13-30(14-21)17-5-7-18(8-6-17)31-19-11-16(12-29(3)4)27-20(28-19)22(23,24)25/h11,15,17-18H,5-9,12-14H2,1-4H3. The van der Waals surface area contributed by atoms with Gasteiger partial charge in [-0.2, -0.15) is 23.4 Å². The first-order chi connectivity index (χ1) is 14.5. The van der Waals surface area contributed by atoms with E-state index in [4.69, 9.17) is 10.00 Å². The van der Waals surface area contributed by atoms with Gasteiger partial charge in [0, 0.05) is 43.6 Å². The average molecular weight is 440 g/mol. The molecule has 0 spiro atoms. The van der Waals surface area contributed by atoms with Crippen LogP contribution < -0.4 is 4.74 Å². The molecule has 0 atom stereocenters. The monoisotopic (exact) mass is 439 g/mol. The lowest BCUT2D eigenvalue weighted by Crippen LogP contribution is -2.62. The number of ether oxygens (including phenoxy) is 1. The van der Waals surface area contributed by atoms with E-state index in [0.717, 1.165) is 38.8 Å². The number of nitrogens with zero attached hydrogens (tertiary/aromatic N) is 5. The summed E-state index contributed by atoms with van der Waals surface area (Å²) in [7, 11) is 3.55. The molecule has 0 aromatic carbocycles. The maximum Gasteiger partial charge on any atom is 0.451 e. The van der Waals surface area contributed by atoms with Crippen molar-refractivity contribution >= 4 is 0 Å². The summed E-state index contributed by atoms with van der Waals surface area (Å²) in [5, 5.41) is 9.16. The Bertz CT molecular complexity index is 791. The molecule has 3 rings (SSSR count). The van der Waals surface area contributed by atoms with Gasteiger partial charge in [0.25, 0.3) is 0 Å². The highest BCUT2D eigenvalue weighted by atomic mass is 19.4. The molecular weight excluding hydrogens is 407 g/mol. The molecule has 1 aliphatic carbocycles. The smallest absolute Gasteiger partial charge is 0.451 e. The van der Waals surface area contributed by atoms with Gasteiger partial charge in [-0.3, -0.25) is 4.90 Å². The second-order valence-electron chi connectivity index (χ2n) is 9.56. The molecule has 1 saturated carbocycles. The van der Waals surface area contributed by atoms with Crippen LogP contribution in [0.1, 0.15) is 57.5 Å². The third-order valence-electron chi connectivity index (χ3n) is 6.63. The van der Waals surface area contributed by atoms with Crippen LogP contribution in [0, 0.1) is 22.7 Å². The number of aromatic nitrogens is 2. The first kappa shape index (κ1) is 23.7. The third-order valence-corrected chi connectivity index (χ3v) is 6.63. The predicted octanol–water partition coefficient (Wildman–Crippen LogP) is 4.12. The quantitative estimate of drug-likeness (QED) is 0.637. The molecule has 0 N–H and O–H groups in total. The second kappa shape index (κ2) is 9.29. The van der Waals surface area contributed by atoms with Gasteiger partial charge in [0.15, 0.2) is 0 Å². The van der Waals surface area contributed by atoms with Crippen LogP contribution in [0.15, 0.2) is 6.07 Å². The zero-order valence-corrected chi connectivity index (χ0v) is 18.7. The molecule has 1 aromatic rings. The summed E-state index contributed by atoms with van der Waals surface area (Å²) >= 11 is 0. The predicted molar refractivity (Wildman–Crippen MR) is 110 cm³/mol. The minimum atomic E-state index is -4.61. The fourth-order valence-corrected chi connectivity index (χ4v) is 4.62. The Morgan fingerprint density at radius 3 is 2.39 bits per heavy atom. The number of likely N-dealkylation sites (tertiary alicyclic amines) is 1. The van der Waals surface area contributed by atoms with Crippen molar-refractivity contribution in [1.82, 2.24) is 19.8 Å². The van der Waals surface area contributed by atoms with Crippen molar-refractivity contribution in [2.45, 2.75) is 70.8 Å². The molecule has 0 radical (unpaired) electrons. The van der Waals surface area contributed by atoms with E-state index in [1.165, 1.54) is 6.07 Å². The van der Waals surface area contributed by atoms with E-state index in [0.29, 0.717) is 24.1 Å². The number of nitriles is 1. The van der Waals surface area contributed by atoms with Gasteiger partial charge in [0.05, 0.1) is 11.8 Å². The largest absolute Gasteiger partial charge is 0.474 e. The van der Waals surface area contributed by atoms with Crippen LogP contribution in [-0.4, -0.2) is 59.1 Å². The minimum absolute atomic E-state index is 0.000537. The summed E-state index contributed by atoms with van der Waals surface area (Å²) in [6.07, 6.45) is -0.730. The fourth-order valence-electron chi connectivity index (χ4n) is 4.62. The molecule has 2 heterocycles. The Morgan fingerprint density at radius 1 is 1.23 bits per heavy atom. The van der Waals surface area contributed by atoms with Crippen molar-refractivity contribution < 1.29 is 17.9 Å². The van der Waals surface area contributed by atoms with Crippen molar-refractivity contribution in [2.75, 3.05) is 27.2 Å². The summed E-state index contributed by atoms with van der Waals surface area (Å²) in [5.41, 5.74) is 0.388. The van der Waals surface area contributed by atoms with Gasteiger partial charge in [0.2, 0.25) is 11.7 Å². The highest BCUT2D eigenvalue weighted by Gasteiger charge is 2.47. The first-order valence-electron chi connectivity index (χ1n) is 10.9. The van der Waals surface area contributed by atoms with Crippen LogP contribution in [0.5, 0.6) is 5.88 Å². The van der Waals surface area contributed by atoms with Crippen LogP contribution in [0.3, 0.4) is 0 Å². The van der Waals surface area contributed by atoms with Gasteiger partial charge in [0.1, 0.15) is 6.10 Å². The molecule has 1 saturated heterocycles. The maximum atomic E-state index is 13.2. The van der Waals surface area contributed by atoms with E-state index in [1.54, 1.807) is 19.0 Å². The maximum absolute atomic E-state index is 13.2. The van der Waals surface area contributed by atoms with Crippen LogP contribution >= 0.6 is 0 Å².